The van der Waals surface area contributed by atoms with Crippen LogP contribution in [0.5, 0.6) is 0 Å². The molecule has 3 nitrogen and oxygen atoms in total. The molecule has 0 saturated carbocycles. The molecule has 0 fully saturated rings. The predicted molar refractivity (Wildman–Crippen MR) is 84.3 cm³/mol. The molecule has 0 aliphatic heterocycles. The molecule has 0 unspecified atom stereocenters. The highest BCUT2D eigenvalue weighted by Crippen LogP contribution is 2.31. The third-order valence-corrected chi connectivity index (χ3v) is 3.78. The number of hydrogen-bond donors (Lipinski definition) is 1. The van der Waals surface area contributed by atoms with Gasteiger partial charge in [0.05, 0.1) is 5.52 Å². The molecule has 106 valence electrons. The van der Waals surface area contributed by atoms with Gasteiger partial charge in [0.25, 0.3) is 0 Å². The number of rotatable bonds is 4. The Bertz CT molecular complexity index is 788. The Morgan fingerprint density at radius 2 is 1.86 bits per heavy atom. The highest BCUT2D eigenvalue weighted by molar-refractivity contribution is 5.96. The molecule has 0 radical (unpaired) electrons. The Kier molecular flexibility index (Phi) is 3.48. The van der Waals surface area contributed by atoms with Crippen LogP contribution in [0.2, 0.25) is 0 Å². The van der Waals surface area contributed by atoms with Crippen LogP contribution in [0.1, 0.15) is 12.0 Å². The smallest absolute Gasteiger partial charge is 0.303 e. The van der Waals surface area contributed by atoms with Gasteiger partial charge in [-0.2, -0.15) is 0 Å². The molecule has 0 aliphatic rings. The van der Waals surface area contributed by atoms with E-state index in [1.165, 1.54) is 11.1 Å². The molecular weight excluding hydrogens is 262 g/mol. The lowest BCUT2D eigenvalue weighted by molar-refractivity contribution is -0.136. The minimum Gasteiger partial charge on any atom is -0.481 e. The number of hydrogen-bond acceptors (Lipinski definition) is 1. The zero-order valence-corrected chi connectivity index (χ0v) is 11.9. The van der Waals surface area contributed by atoms with Crippen LogP contribution in [0, 0.1) is 0 Å². The van der Waals surface area contributed by atoms with E-state index < -0.39 is 5.97 Å². The first kappa shape index (κ1) is 13.4. The molecule has 0 aliphatic carbocycles. The fourth-order valence-corrected chi connectivity index (χ4v) is 2.84. The zero-order chi connectivity index (χ0) is 14.8. The summed E-state index contributed by atoms with van der Waals surface area (Å²) >= 11 is 0. The third kappa shape index (κ3) is 2.55. The molecule has 0 atom stereocenters. The molecule has 3 rings (SSSR count). The van der Waals surface area contributed by atoms with E-state index in [-0.39, 0.29) is 6.42 Å². The first-order valence-corrected chi connectivity index (χ1v) is 7.01. The van der Waals surface area contributed by atoms with E-state index in [1.54, 1.807) is 0 Å². The molecule has 3 heteroatoms. The lowest BCUT2D eigenvalue weighted by atomic mass is 10.0. The topological polar surface area (TPSA) is 42.2 Å². The van der Waals surface area contributed by atoms with E-state index in [2.05, 4.69) is 28.8 Å². The highest BCUT2D eigenvalue weighted by Gasteiger charge is 2.12. The van der Waals surface area contributed by atoms with E-state index in [0.29, 0.717) is 6.42 Å². The molecule has 1 aromatic heterocycles. The van der Waals surface area contributed by atoms with Crippen LogP contribution in [0.25, 0.3) is 22.0 Å². The van der Waals surface area contributed by atoms with Gasteiger partial charge in [-0.1, -0.05) is 48.5 Å². The van der Waals surface area contributed by atoms with Crippen molar-refractivity contribution in [2.24, 2.45) is 7.05 Å². The minimum absolute atomic E-state index is 0.161. The lowest BCUT2D eigenvalue weighted by Crippen LogP contribution is -1.96. The number of aliphatic carboxylic acids is 1. The van der Waals surface area contributed by atoms with E-state index in [0.717, 1.165) is 16.5 Å². The SMILES string of the molecule is Cn1cc(CCC(=O)O)c2cccc(-c3ccccc3)c21. The maximum Gasteiger partial charge on any atom is 0.303 e. The number of aryl methyl sites for hydroxylation is 2. The minimum atomic E-state index is -0.758. The number of para-hydroxylation sites is 1. The largest absolute Gasteiger partial charge is 0.481 e. The number of benzene rings is 2. The van der Waals surface area contributed by atoms with Gasteiger partial charge in [-0.25, -0.2) is 0 Å². The molecule has 21 heavy (non-hydrogen) atoms. The molecule has 1 heterocycles. The predicted octanol–water partition coefficient (Wildman–Crippen LogP) is 3.86. The second kappa shape index (κ2) is 5.44. The van der Waals surface area contributed by atoms with Crippen LogP contribution in [0.3, 0.4) is 0 Å². The maximum absolute atomic E-state index is 10.8. The van der Waals surface area contributed by atoms with Gasteiger partial charge in [-0.3, -0.25) is 4.79 Å². The summed E-state index contributed by atoms with van der Waals surface area (Å²) in [6.07, 6.45) is 2.76. The molecule has 2 aromatic carbocycles. The van der Waals surface area contributed by atoms with Gasteiger partial charge in [0.1, 0.15) is 0 Å². The molecule has 0 bridgehead atoms. The molecule has 3 aromatic rings. The Hall–Kier alpha value is -2.55. The van der Waals surface area contributed by atoms with Crippen LogP contribution in [-0.4, -0.2) is 15.6 Å². The van der Waals surface area contributed by atoms with Crippen molar-refractivity contribution in [1.82, 2.24) is 4.57 Å². The summed E-state index contributed by atoms with van der Waals surface area (Å²) in [6, 6.07) is 16.5. The number of fused-ring (bicyclic) bond motifs is 1. The van der Waals surface area contributed by atoms with Crippen LogP contribution in [0.4, 0.5) is 0 Å². The Balaban J connectivity index is 2.14. The van der Waals surface area contributed by atoms with Crippen molar-refractivity contribution in [2.75, 3.05) is 0 Å². The van der Waals surface area contributed by atoms with Gasteiger partial charge in [-0.15, -0.1) is 0 Å². The number of carbonyl (C=O) groups is 1. The van der Waals surface area contributed by atoms with Crippen LogP contribution in [0.15, 0.2) is 54.7 Å². The molecule has 0 spiro atoms. The second-order valence-corrected chi connectivity index (χ2v) is 5.23. The number of carboxylic acid groups (broad SMARTS) is 1. The first-order chi connectivity index (χ1) is 10.2. The molecule has 0 saturated heterocycles. The summed E-state index contributed by atoms with van der Waals surface area (Å²) in [7, 11) is 2.01. The van der Waals surface area contributed by atoms with Crippen LogP contribution in [-0.2, 0) is 18.3 Å². The summed E-state index contributed by atoms with van der Waals surface area (Å²) < 4.78 is 2.09. The summed E-state index contributed by atoms with van der Waals surface area (Å²) in [5, 5.41) is 10.0. The van der Waals surface area contributed by atoms with Crippen molar-refractivity contribution in [1.29, 1.82) is 0 Å². The van der Waals surface area contributed by atoms with E-state index >= 15 is 0 Å². The zero-order valence-electron chi connectivity index (χ0n) is 11.9. The third-order valence-electron chi connectivity index (χ3n) is 3.78. The van der Waals surface area contributed by atoms with Crippen molar-refractivity contribution in [3.63, 3.8) is 0 Å². The summed E-state index contributed by atoms with van der Waals surface area (Å²) in [5.41, 5.74) is 4.60. The van der Waals surface area contributed by atoms with Gasteiger partial charge in [0, 0.05) is 30.6 Å². The van der Waals surface area contributed by atoms with Gasteiger partial charge < -0.3 is 9.67 Å². The fraction of sp³-hybridized carbons (Fsp3) is 0.167. The number of carboxylic acids is 1. The Morgan fingerprint density at radius 1 is 1.10 bits per heavy atom. The Labute approximate surface area is 123 Å². The quantitative estimate of drug-likeness (QED) is 0.788. The summed E-state index contributed by atoms with van der Waals surface area (Å²) in [6.45, 7) is 0. The van der Waals surface area contributed by atoms with Crippen molar-refractivity contribution >= 4 is 16.9 Å². The summed E-state index contributed by atoms with van der Waals surface area (Å²) in [5.74, 6) is -0.758. The van der Waals surface area contributed by atoms with Gasteiger partial charge in [0.15, 0.2) is 0 Å². The van der Waals surface area contributed by atoms with Crippen molar-refractivity contribution in [3.05, 3.63) is 60.3 Å². The average molecular weight is 279 g/mol. The highest BCUT2D eigenvalue weighted by atomic mass is 16.4. The summed E-state index contributed by atoms with van der Waals surface area (Å²) in [4.78, 5) is 10.8. The molecule has 0 amide bonds. The van der Waals surface area contributed by atoms with Crippen LogP contribution >= 0.6 is 0 Å². The van der Waals surface area contributed by atoms with Crippen molar-refractivity contribution < 1.29 is 9.90 Å². The van der Waals surface area contributed by atoms with Crippen molar-refractivity contribution in [3.8, 4) is 11.1 Å². The first-order valence-electron chi connectivity index (χ1n) is 7.01. The second-order valence-electron chi connectivity index (χ2n) is 5.23. The average Bonchev–Trinajstić information content (AvgIpc) is 2.83. The Morgan fingerprint density at radius 3 is 2.57 bits per heavy atom. The maximum atomic E-state index is 10.8. The monoisotopic (exact) mass is 279 g/mol. The normalized spacial score (nSPS) is 10.9. The van der Waals surface area contributed by atoms with Crippen LogP contribution < -0.4 is 0 Å². The standard InChI is InChI=1S/C18H17NO2/c1-19-12-14(10-11-17(20)21)16-9-5-8-15(18(16)19)13-6-3-2-4-7-13/h2-9,12H,10-11H2,1H3,(H,20,21). The van der Waals surface area contributed by atoms with Gasteiger partial charge in [0.2, 0.25) is 0 Å². The van der Waals surface area contributed by atoms with Gasteiger partial charge >= 0.3 is 5.97 Å². The van der Waals surface area contributed by atoms with E-state index in [4.69, 9.17) is 5.11 Å². The molecular formula is C18H17NO2. The number of aromatic nitrogens is 1. The fourth-order valence-electron chi connectivity index (χ4n) is 2.84. The number of nitrogens with zero attached hydrogens (tertiary/aromatic N) is 1. The van der Waals surface area contributed by atoms with Gasteiger partial charge in [-0.05, 0) is 17.5 Å². The van der Waals surface area contributed by atoms with Crippen molar-refractivity contribution in [2.45, 2.75) is 12.8 Å². The molecule has 1 N–H and O–H groups in total. The van der Waals surface area contributed by atoms with E-state index in [1.807, 2.05) is 37.5 Å². The van der Waals surface area contributed by atoms with E-state index in [9.17, 15) is 4.79 Å². The lowest BCUT2D eigenvalue weighted by Gasteiger charge is -2.06.